The summed E-state index contributed by atoms with van der Waals surface area (Å²) in [5.41, 5.74) is 4.28. The Kier molecular flexibility index (Phi) is 5.95. The van der Waals surface area contributed by atoms with Crippen LogP contribution in [0.2, 0.25) is 0 Å². The minimum absolute atomic E-state index is 0.0564. The van der Waals surface area contributed by atoms with Gasteiger partial charge < -0.3 is 15.4 Å². The van der Waals surface area contributed by atoms with Crippen LogP contribution in [0.25, 0.3) is 11.1 Å². The topological polar surface area (TPSA) is 114 Å². The van der Waals surface area contributed by atoms with Crippen LogP contribution in [0.5, 0.6) is 0 Å². The Morgan fingerprint density at radius 2 is 1.97 bits per heavy atom. The molecule has 13 heteroatoms. The van der Waals surface area contributed by atoms with Crippen LogP contribution in [0.1, 0.15) is 5.56 Å². The van der Waals surface area contributed by atoms with Gasteiger partial charge in [0.2, 0.25) is 0 Å². The molecular weight excluding hydrogens is 472 g/mol. The molecule has 0 spiro atoms. The highest BCUT2D eigenvalue weighted by atomic mass is 19.4. The number of likely N-dealkylation sites (N-methyl/N-ethyl adjacent to an activating group) is 1. The smallest absolute Gasteiger partial charge is 0.405 e. The molecule has 2 aliphatic rings. The maximum absolute atomic E-state index is 14.7. The van der Waals surface area contributed by atoms with Crippen molar-refractivity contribution in [3.8, 4) is 11.1 Å². The Bertz CT molecular complexity index is 1230. The molecule has 184 valence electrons. The second kappa shape index (κ2) is 8.64. The third-order valence-corrected chi connectivity index (χ3v) is 5.96. The Morgan fingerprint density at radius 3 is 2.54 bits per heavy atom. The van der Waals surface area contributed by atoms with Crippen molar-refractivity contribution in [2.75, 3.05) is 27.2 Å². The van der Waals surface area contributed by atoms with Crippen LogP contribution in [0.4, 0.5) is 17.6 Å². The summed E-state index contributed by atoms with van der Waals surface area (Å²) in [6.07, 6.45) is 0.598. The van der Waals surface area contributed by atoms with Gasteiger partial charge >= 0.3 is 12.1 Å². The molecule has 3 heterocycles. The molecule has 35 heavy (non-hydrogen) atoms. The van der Waals surface area contributed by atoms with E-state index in [0.29, 0.717) is 5.56 Å². The van der Waals surface area contributed by atoms with Gasteiger partial charge in [-0.25, -0.2) is 24.1 Å². The molecule has 0 radical (unpaired) electrons. The van der Waals surface area contributed by atoms with Gasteiger partial charge in [0.25, 0.3) is 5.91 Å². The van der Waals surface area contributed by atoms with Crippen molar-refractivity contribution >= 4 is 17.8 Å². The average molecular weight is 492 g/mol. The molecule has 9 nitrogen and oxygen atoms in total. The van der Waals surface area contributed by atoms with Gasteiger partial charge in [-0.05, 0) is 23.8 Å². The summed E-state index contributed by atoms with van der Waals surface area (Å²) >= 11 is 0. The fourth-order valence-corrected chi connectivity index (χ4v) is 4.33. The van der Waals surface area contributed by atoms with E-state index in [1.54, 1.807) is 0 Å². The molecule has 1 amide bonds. The number of guanidine groups is 1. The van der Waals surface area contributed by atoms with E-state index in [-0.39, 0.29) is 29.3 Å². The van der Waals surface area contributed by atoms with Crippen LogP contribution in [0.3, 0.4) is 0 Å². The van der Waals surface area contributed by atoms with E-state index in [2.05, 4.69) is 19.7 Å². The second-order valence-corrected chi connectivity index (χ2v) is 8.07. The Balaban J connectivity index is 1.88. The van der Waals surface area contributed by atoms with E-state index in [1.165, 1.54) is 44.0 Å². The van der Waals surface area contributed by atoms with Crippen LogP contribution in [0, 0.1) is 11.7 Å². The third kappa shape index (κ3) is 4.17. The molecule has 2 atom stereocenters. The first-order chi connectivity index (χ1) is 16.5. The number of methoxy groups -OCH3 is 1. The Labute approximate surface area is 196 Å². The molecule has 1 aromatic heterocycles. The second-order valence-electron chi connectivity index (χ2n) is 8.07. The molecule has 0 aliphatic carbocycles. The van der Waals surface area contributed by atoms with Crippen molar-refractivity contribution in [3.05, 3.63) is 60.1 Å². The lowest BCUT2D eigenvalue weighted by Gasteiger charge is -2.32. The van der Waals surface area contributed by atoms with Gasteiger partial charge in [0.05, 0.1) is 7.11 Å². The van der Waals surface area contributed by atoms with Crippen LogP contribution in [-0.4, -0.2) is 71.0 Å². The summed E-state index contributed by atoms with van der Waals surface area (Å²) in [6, 6.07) is 3.79. The van der Waals surface area contributed by atoms with E-state index in [4.69, 9.17) is 5.73 Å². The number of carbonyl (C=O) groups excluding carboxylic acids is 2. The lowest BCUT2D eigenvalue weighted by molar-refractivity contribution is -0.148. The molecule has 0 saturated carbocycles. The van der Waals surface area contributed by atoms with Crippen molar-refractivity contribution in [3.63, 3.8) is 0 Å². The summed E-state index contributed by atoms with van der Waals surface area (Å²) in [6.45, 7) is -1.83. The summed E-state index contributed by atoms with van der Waals surface area (Å²) in [5.74, 6) is -3.50. The monoisotopic (exact) mass is 492 g/mol. The number of amides is 1. The molecule has 2 N–H and O–H groups in total. The van der Waals surface area contributed by atoms with Crippen molar-refractivity contribution < 1.29 is 31.9 Å². The molecule has 0 bridgehead atoms. The average Bonchev–Trinajstić information content (AvgIpc) is 3.33. The number of esters is 1. The number of carbonyl (C=O) groups is 2. The normalized spacial score (nSPS) is 22.3. The number of benzene rings is 1. The highest BCUT2D eigenvalue weighted by molar-refractivity contribution is 6.07. The summed E-state index contributed by atoms with van der Waals surface area (Å²) in [7, 11) is 2.41. The number of alkyl halides is 3. The van der Waals surface area contributed by atoms with Gasteiger partial charge in [0.1, 0.15) is 24.4 Å². The Hall–Kier alpha value is -4.03. The van der Waals surface area contributed by atoms with Gasteiger partial charge in [-0.3, -0.25) is 9.69 Å². The Morgan fingerprint density at radius 1 is 1.29 bits per heavy atom. The number of ether oxygens (including phenoxy) is 1. The van der Waals surface area contributed by atoms with Gasteiger partial charge in [-0.15, -0.1) is 0 Å². The fourth-order valence-electron chi connectivity index (χ4n) is 4.33. The van der Waals surface area contributed by atoms with Gasteiger partial charge in [0, 0.05) is 43.0 Å². The van der Waals surface area contributed by atoms with Crippen molar-refractivity contribution in [1.29, 1.82) is 0 Å². The van der Waals surface area contributed by atoms with Crippen molar-refractivity contribution in [2.24, 2.45) is 16.6 Å². The standard InChI is InChI=1S/C22H20F4N6O3/c1-31-19(34)22(30-20(31)27,13-3-4-16(23)15(5-13)12-7-28-11-29-8-12)14-6-17(18(33)35-2)32(9-14)10-21(24,25)26/h3-8,11,14H,9-10H2,1-2H3,(H2,27,30)/t14?,22-/m0/s1. The predicted molar refractivity (Wildman–Crippen MR) is 115 cm³/mol. The van der Waals surface area contributed by atoms with Crippen LogP contribution >= 0.6 is 0 Å². The zero-order valence-electron chi connectivity index (χ0n) is 18.6. The number of halogens is 4. The molecule has 1 aromatic carbocycles. The number of hydrogen-bond acceptors (Lipinski definition) is 8. The quantitative estimate of drug-likeness (QED) is 0.500. The molecular formula is C22H20F4N6O3. The first kappa shape index (κ1) is 24.1. The van der Waals surface area contributed by atoms with Crippen LogP contribution in [0.15, 0.2) is 53.7 Å². The molecule has 2 aliphatic heterocycles. The van der Waals surface area contributed by atoms with Crippen molar-refractivity contribution in [2.45, 2.75) is 11.7 Å². The number of aromatic nitrogens is 2. The predicted octanol–water partition coefficient (Wildman–Crippen LogP) is 1.82. The zero-order valence-corrected chi connectivity index (χ0v) is 18.6. The SMILES string of the molecule is COC(=O)C1=CC([C@]2(c3ccc(F)c(-c4cncnc4)c3)N=C(N)N(C)C2=O)CN1CC(F)(F)F. The van der Waals surface area contributed by atoms with Crippen LogP contribution in [-0.2, 0) is 19.9 Å². The highest BCUT2D eigenvalue weighted by Gasteiger charge is 2.56. The first-order valence-corrected chi connectivity index (χ1v) is 10.3. The van der Waals surface area contributed by atoms with E-state index < -0.39 is 41.9 Å². The van der Waals surface area contributed by atoms with Gasteiger partial charge in [0.15, 0.2) is 11.5 Å². The minimum Gasteiger partial charge on any atom is -0.464 e. The maximum atomic E-state index is 14.7. The first-order valence-electron chi connectivity index (χ1n) is 10.3. The van der Waals surface area contributed by atoms with Crippen molar-refractivity contribution in [1.82, 2.24) is 19.8 Å². The zero-order chi connectivity index (χ0) is 25.5. The van der Waals surface area contributed by atoms with Gasteiger partial charge in [-0.1, -0.05) is 6.07 Å². The number of aliphatic imine (C=N–C) groups is 1. The highest BCUT2D eigenvalue weighted by Crippen LogP contribution is 2.45. The fraction of sp³-hybridized carbons (Fsp3) is 0.318. The molecule has 2 aromatic rings. The molecule has 0 fully saturated rings. The molecule has 1 unspecified atom stereocenters. The van der Waals surface area contributed by atoms with E-state index in [0.717, 1.165) is 23.0 Å². The number of nitrogens with zero attached hydrogens (tertiary/aromatic N) is 5. The van der Waals surface area contributed by atoms with E-state index in [9.17, 15) is 27.2 Å². The van der Waals surface area contributed by atoms with Gasteiger partial charge in [-0.2, -0.15) is 13.2 Å². The number of nitrogens with two attached hydrogens (primary N) is 1. The number of hydrogen-bond donors (Lipinski definition) is 1. The number of rotatable bonds is 5. The summed E-state index contributed by atoms with van der Waals surface area (Å²) in [4.78, 5) is 39.8. The molecule has 4 rings (SSSR count). The lowest BCUT2D eigenvalue weighted by Crippen LogP contribution is -2.46. The summed E-state index contributed by atoms with van der Waals surface area (Å²) < 4.78 is 59.2. The third-order valence-electron chi connectivity index (χ3n) is 5.96. The maximum Gasteiger partial charge on any atom is 0.405 e. The minimum atomic E-state index is -4.63. The largest absolute Gasteiger partial charge is 0.464 e. The molecule has 0 saturated heterocycles. The lowest BCUT2D eigenvalue weighted by atomic mass is 9.77. The summed E-state index contributed by atoms with van der Waals surface area (Å²) in [5, 5.41) is 0. The van der Waals surface area contributed by atoms with E-state index >= 15 is 0 Å². The van der Waals surface area contributed by atoms with Crippen LogP contribution < -0.4 is 5.73 Å². The van der Waals surface area contributed by atoms with E-state index in [1.807, 2.05) is 0 Å².